The first-order chi connectivity index (χ1) is 11.1. The molecule has 0 aliphatic heterocycles. The summed E-state index contributed by atoms with van der Waals surface area (Å²) < 4.78 is 10.8. The fraction of sp³-hybridized carbons (Fsp3) is 0.158. The Bertz CT molecular complexity index is 844. The zero-order valence-corrected chi connectivity index (χ0v) is 13.1. The Morgan fingerprint density at radius 3 is 2.87 bits per heavy atom. The van der Waals surface area contributed by atoms with Crippen LogP contribution in [-0.2, 0) is 16.1 Å². The largest absolute Gasteiger partial charge is 0.458 e. The molecule has 4 nitrogen and oxygen atoms in total. The molecule has 0 N–H and O–H groups in total. The number of benzene rings is 2. The standard InChI is InChI=1S/C19H17NO3/c1-13-7-8-14(2)15(11-13)12-22-19(21)10-9-18-20-16-5-3-4-6-17(16)23-18/h3-11H,12H2,1-2H3/b10-9+. The van der Waals surface area contributed by atoms with Crippen LogP contribution in [-0.4, -0.2) is 11.0 Å². The quantitative estimate of drug-likeness (QED) is 0.535. The predicted molar refractivity (Wildman–Crippen MR) is 88.8 cm³/mol. The number of rotatable bonds is 4. The molecule has 3 aromatic rings. The van der Waals surface area contributed by atoms with Crippen molar-refractivity contribution in [3.8, 4) is 0 Å². The number of carbonyl (C=O) groups excluding carboxylic acids is 1. The van der Waals surface area contributed by atoms with Crippen molar-refractivity contribution in [1.82, 2.24) is 4.98 Å². The Balaban J connectivity index is 1.63. The van der Waals surface area contributed by atoms with Crippen LogP contribution in [0.4, 0.5) is 0 Å². The number of oxazole rings is 1. The van der Waals surface area contributed by atoms with E-state index in [2.05, 4.69) is 4.98 Å². The van der Waals surface area contributed by atoms with Gasteiger partial charge in [0.15, 0.2) is 5.58 Å². The van der Waals surface area contributed by atoms with E-state index < -0.39 is 5.97 Å². The molecule has 0 saturated heterocycles. The van der Waals surface area contributed by atoms with Crippen molar-refractivity contribution in [1.29, 1.82) is 0 Å². The average molecular weight is 307 g/mol. The van der Waals surface area contributed by atoms with Gasteiger partial charge in [0.25, 0.3) is 0 Å². The van der Waals surface area contributed by atoms with Crippen LogP contribution in [0.25, 0.3) is 17.2 Å². The van der Waals surface area contributed by atoms with Crippen LogP contribution in [0.1, 0.15) is 22.6 Å². The molecule has 3 rings (SSSR count). The molecular weight excluding hydrogens is 290 g/mol. The highest BCUT2D eigenvalue weighted by atomic mass is 16.5. The number of nitrogens with zero attached hydrogens (tertiary/aromatic N) is 1. The average Bonchev–Trinajstić information content (AvgIpc) is 2.96. The van der Waals surface area contributed by atoms with E-state index in [1.165, 1.54) is 12.2 Å². The molecule has 0 fully saturated rings. The maximum Gasteiger partial charge on any atom is 0.331 e. The Labute approximate surface area is 134 Å². The highest BCUT2D eigenvalue weighted by molar-refractivity contribution is 5.86. The molecule has 2 aromatic carbocycles. The van der Waals surface area contributed by atoms with Gasteiger partial charge >= 0.3 is 5.97 Å². The summed E-state index contributed by atoms with van der Waals surface area (Å²) in [6.07, 6.45) is 2.85. The fourth-order valence-corrected chi connectivity index (χ4v) is 2.25. The van der Waals surface area contributed by atoms with E-state index in [1.54, 1.807) is 0 Å². The molecule has 0 radical (unpaired) electrons. The van der Waals surface area contributed by atoms with Crippen molar-refractivity contribution in [3.63, 3.8) is 0 Å². The number of esters is 1. The fourth-order valence-electron chi connectivity index (χ4n) is 2.25. The third-order valence-electron chi connectivity index (χ3n) is 3.55. The molecule has 0 spiro atoms. The highest BCUT2D eigenvalue weighted by Crippen LogP contribution is 2.16. The first kappa shape index (κ1) is 15.0. The van der Waals surface area contributed by atoms with Gasteiger partial charge in [0.2, 0.25) is 5.89 Å². The number of hydrogen-bond donors (Lipinski definition) is 0. The predicted octanol–water partition coefficient (Wildman–Crippen LogP) is 4.20. The Morgan fingerprint density at radius 2 is 2.04 bits per heavy atom. The number of fused-ring (bicyclic) bond motifs is 1. The number of aromatic nitrogens is 1. The summed E-state index contributed by atoms with van der Waals surface area (Å²) >= 11 is 0. The Morgan fingerprint density at radius 1 is 1.22 bits per heavy atom. The Hall–Kier alpha value is -2.88. The molecule has 0 bridgehead atoms. The molecule has 1 aromatic heterocycles. The van der Waals surface area contributed by atoms with Crippen molar-refractivity contribution >= 4 is 23.1 Å². The zero-order chi connectivity index (χ0) is 16.2. The summed E-state index contributed by atoms with van der Waals surface area (Å²) in [7, 11) is 0. The van der Waals surface area contributed by atoms with E-state index >= 15 is 0 Å². The van der Waals surface area contributed by atoms with Gasteiger partial charge in [-0.25, -0.2) is 9.78 Å². The summed E-state index contributed by atoms with van der Waals surface area (Å²) in [4.78, 5) is 16.1. The Kier molecular flexibility index (Phi) is 4.24. The first-order valence-corrected chi connectivity index (χ1v) is 7.38. The second-order valence-electron chi connectivity index (χ2n) is 5.39. The summed E-state index contributed by atoms with van der Waals surface area (Å²) in [5, 5.41) is 0. The number of para-hydroxylation sites is 2. The lowest BCUT2D eigenvalue weighted by atomic mass is 10.1. The van der Waals surface area contributed by atoms with Crippen LogP contribution in [0, 0.1) is 13.8 Å². The van der Waals surface area contributed by atoms with Gasteiger partial charge in [0, 0.05) is 12.2 Å². The molecule has 0 saturated carbocycles. The van der Waals surface area contributed by atoms with Gasteiger partial charge < -0.3 is 9.15 Å². The van der Waals surface area contributed by atoms with Gasteiger partial charge in [-0.1, -0.05) is 35.9 Å². The van der Waals surface area contributed by atoms with Crippen LogP contribution in [0.5, 0.6) is 0 Å². The van der Waals surface area contributed by atoms with Crippen molar-refractivity contribution in [2.75, 3.05) is 0 Å². The molecule has 0 unspecified atom stereocenters. The minimum atomic E-state index is -0.423. The van der Waals surface area contributed by atoms with E-state index in [0.717, 1.165) is 22.2 Å². The van der Waals surface area contributed by atoms with Crippen molar-refractivity contribution < 1.29 is 13.9 Å². The molecule has 4 heteroatoms. The molecular formula is C19H17NO3. The SMILES string of the molecule is Cc1ccc(C)c(COC(=O)/C=C/c2nc3ccccc3o2)c1. The van der Waals surface area contributed by atoms with Gasteiger partial charge in [-0.05, 0) is 37.1 Å². The molecule has 23 heavy (non-hydrogen) atoms. The molecule has 0 aliphatic rings. The lowest BCUT2D eigenvalue weighted by molar-refractivity contribution is -0.138. The van der Waals surface area contributed by atoms with E-state index in [1.807, 2.05) is 56.3 Å². The van der Waals surface area contributed by atoms with E-state index in [9.17, 15) is 4.79 Å². The lowest BCUT2D eigenvalue weighted by Gasteiger charge is -2.06. The van der Waals surface area contributed by atoms with Crippen molar-refractivity contribution in [2.24, 2.45) is 0 Å². The summed E-state index contributed by atoms with van der Waals surface area (Å²) in [5.74, 6) is -0.0388. The number of carbonyl (C=O) groups is 1. The van der Waals surface area contributed by atoms with Crippen LogP contribution < -0.4 is 0 Å². The van der Waals surface area contributed by atoms with Crippen molar-refractivity contribution in [2.45, 2.75) is 20.5 Å². The highest BCUT2D eigenvalue weighted by Gasteiger charge is 2.05. The van der Waals surface area contributed by atoms with Crippen LogP contribution in [0.15, 0.2) is 53.0 Å². The minimum absolute atomic E-state index is 0.254. The van der Waals surface area contributed by atoms with Crippen LogP contribution in [0.3, 0.4) is 0 Å². The van der Waals surface area contributed by atoms with Gasteiger partial charge in [0.1, 0.15) is 12.1 Å². The maximum atomic E-state index is 11.8. The van der Waals surface area contributed by atoms with E-state index in [4.69, 9.17) is 9.15 Å². The minimum Gasteiger partial charge on any atom is -0.458 e. The maximum absolute atomic E-state index is 11.8. The summed E-state index contributed by atoms with van der Waals surface area (Å²) in [6.45, 7) is 4.26. The molecule has 0 atom stereocenters. The number of hydrogen-bond acceptors (Lipinski definition) is 4. The monoisotopic (exact) mass is 307 g/mol. The van der Waals surface area contributed by atoms with Gasteiger partial charge in [0.05, 0.1) is 0 Å². The van der Waals surface area contributed by atoms with E-state index in [0.29, 0.717) is 11.5 Å². The third-order valence-corrected chi connectivity index (χ3v) is 3.55. The first-order valence-electron chi connectivity index (χ1n) is 7.38. The van der Waals surface area contributed by atoms with Crippen LogP contribution in [0.2, 0.25) is 0 Å². The van der Waals surface area contributed by atoms with E-state index in [-0.39, 0.29) is 6.61 Å². The molecule has 116 valence electrons. The normalized spacial score (nSPS) is 11.2. The second-order valence-corrected chi connectivity index (χ2v) is 5.39. The lowest BCUT2D eigenvalue weighted by Crippen LogP contribution is -2.02. The number of aryl methyl sites for hydroxylation is 2. The third kappa shape index (κ3) is 3.66. The van der Waals surface area contributed by atoms with Gasteiger partial charge in [-0.3, -0.25) is 0 Å². The topological polar surface area (TPSA) is 52.3 Å². The molecule has 0 amide bonds. The molecule has 0 aliphatic carbocycles. The van der Waals surface area contributed by atoms with Gasteiger partial charge in [-0.15, -0.1) is 0 Å². The molecule has 1 heterocycles. The van der Waals surface area contributed by atoms with Crippen molar-refractivity contribution in [3.05, 3.63) is 71.1 Å². The zero-order valence-electron chi connectivity index (χ0n) is 13.1. The summed E-state index contributed by atoms with van der Waals surface area (Å²) in [5.41, 5.74) is 4.70. The number of ether oxygens (including phenoxy) is 1. The second kappa shape index (κ2) is 6.48. The smallest absolute Gasteiger partial charge is 0.331 e. The van der Waals surface area contributed by atoms with Crippen LogP contribution >= 0.6 is 0 Å². The summed E-state index contributed by atoms with van der Waals surface area (Å²) in [6, 6.07) is 13.5. The van der Waals surface area contributed by atoms with Gasteiger partial charge in [-0.2, -0.15) is 0 Å².